The van der Waals surface area contributed by atoms with Crippen LogP contribution in [0.1, 0.15) is 50.2 Å². The summed E-state index contributed by atoms with van der Waals surface area (Å²) in [5.74, 6) is 1.20. The molecule has 1 fully saturated rings. The number of anilines is 2. The number of hydrogen-bond donors (Lipinski definition) is 2. The summed E-state index contributed by atoms with van der Waals surface area (Å²) >= 11 is 5.72. The summed E-state index contributed by atoms with van der Waals surface area (Å²) in [6.45, 7) is 4.31. The molecular formula is C23H27N3OS. The van der Waals surface area contributed by atoms with E-state index in [1.807, 2.05) is 12.1 Å². The molecule has 1 aliphatic heterocycles. The van der Waals surface area contributed by atoms with E-state index in [0.29, 0.717) is 5.11 Å². The first kappa shape index (κ1) is 18.9. The number of para-hydroxylation sites is 1. The van der Waals surface area contributed by atoms with Crippen molar-refractivity contribution in [3.63, 3.8) is 0 Å². The van der Waals surface area contributed by atoms with E-state index < -0.39 is 0 Å². The molecular weight excluding hydrogens is 366 g/mol. The smallest absolute Gasteiger partial charge is 0.202 e. The van der Waals surface area contributed by atoms with E-state index in [4.69, 9.17) is 17.2 Å². The highest BCUT2D eigenvalue weighted by Gasteiger charge is 2.49. The van der Waals surface area contributed by atoms with Crippen LogP contribution < -0.4 is 10.2 Å². The molecule has 1 spiro atoms. The summed E-state index contributed by atoms with van der Waals surface area (Å²) in [7, 11) is 0. The third kappa shape index (κ3) is 3.18. The number of thiocarbonyl (C=S) groups is 1. The third-order valence-electron chi connectivity index (χ3n) is 6.02. The fourth-order valence-corrected chi connectivity index (χ4v) is 4.96. The topological polar surface area (TPSA) is 47.9 Å². The van der Waals surface area contributed by atoms with Gasteiger partial charge in [0.2, 0.25) is 5.11 Å². The number of amidine groups is 1. The first-order valence-electron chi connectivity index (χ1n) is 10.1. The number of phenolic OH excluding ortho intramolecular Hbond substituents is 1. The molecule has 5 heteroatoms. The van der Waals surface area contributed by atoms with Gasteiger partial charge in [-0.15, -0.1) is 0 Å². The molecule has 0 atom stereocenters. The summed E-state index contributed by atoms with van der Waals surface area (Å²) in [5, 5.41) is 14.3. The van der Waals surface area contributed by atoms with Gasteiger partial charge in [-0.3, -0.25) is 0 Å². The maximum atomic E-state index is 10.0. The number of benzene rings is 2. The van der Waals surface area contributed by atoms with Gasteiger partial charge in [-0.25, -0.2) is 4.99 Å². The number of nitrogens with zero attached hydrogens (tertiary/aromatic N) is 2. The Morgan fingerprint density at radius 3 is 2.61 bits per heavy atom. The van der Waals surface area contributed by atoms with Gasteiger partial charge in [-0.05, 0) is 61.7 Å². The second kappa shape index (κ2) is 7.55. The third-order valence-corrected chi connectivity index (χ3v) is 6.29. The van der Waals surface area contributed by atoms with Gasteiger partial charge in [0, 0.05) is 17.4 Å². The van der Waals surface area contributed by atoms with Gasteiger partial charge in [0.05, 0.1) is 0 Å². The number of phenols is 1. The lowest BCUT2D eigenvalue weighted by molar-refractivity contribution is 0.386. The molecule has 0 unspecified atom stereocenters. The van der Waals surface area contributed by atoms with Crippen molar-refractivity contribution in [1.29, 1.82) is 0 Å². The van der Waals surface area contributed by atoms with Crippen molar-refractivity contribution in [1.82, 2.24) is 0 Å². The first-order chi connectivity index (χ1) is 13.5. The Kier molecular flexibility index (Phi) is 5.11. The van der Waals surface area contributed by atoms with Crippen LogP contribution in [0, 0.1) is 6.92 Å². The van der Waals surface area contributed by atoms with Crippen LogP contribution in [0.2, 0.25) is 0 Å². The van der Waals surface area contributed by atoms with Crippen LogP contribution in [0.5, 0.6) is 5.75 Å². The van der Waals surface area contributed by atoms with Crippen LogP contribution in [0.15, 0.2) is 47.5 Å². The van der Waals surface area contributed by atoms with Crippen LogP contribution in [0.25, 0.3) is 0 Å². The lowest BCUT2D eigenvalue weighted by Gasteiger charge is -2.43. The Bertz CT molecular complexity index is 931. The van der Waals surface area contributed by atoms with Gasteiger partial charge in [0.1, 0.15) is 17.1 Å². The first-order valence-corrected chi connectivity index (χ1v) is 10.5. The molecule has 2 aromatic carbocycles. The highest BCUT2D eigenvalue weighted by molar-refractivity contribution is 7.80. The molecule has 2 aliphatic rings. The number of aromatic hydroxyl groups is 1. The van der Waals surface area contributed by atoms with Crippen molar-refractivity contribution in [2.45, 2.75) is 57.9 Å². The van der Waals surface area contributed by atoms with Crippen molar-refractivity contribution >= 4 is 34.5 Å². The fourth-order valence-electron chi connectivity index (χ4n) is 4.59. The summed E-state index contributed by atoms with van der Waals surface area (Å²) in [6.07, 6.45) is 6.50. The molecule has 4 rings (SSSR count). The van der Waals surface area contributed by atoms with E-state index in [0.717, 1.165) is 49.3 Å². The van der Waals surface area contributed by atoms with Crippen LogP contribution in [0.4, 0.5) is 11.4 Å². The lowest BCUT2D eigenvalue weighted by Crippen LogP contribution is -2.55. The summed E-state index contributed by atoms with van der Waals surface area (Å²) in [6, 6.07) is 13.8. The molecule has 28 heavy (non-hydrogen) atoms. The molecule has 1 heterocycles. The van der Waals surface area contributed by atoms with Gasteiger partial charge >= 0.3 is 0 Å². The second-order valence-corrected chi connectivity index (χ2v) is 8.14. The van der Waals surface area contributed by atoms with E-state index >= 15 is 0 Å². The Morgan fingerprint density at radius 1 is 1.14 bits per heavy atom. The number of hydrogen-bond acceptors (Lipinski definition) is 3. The largest absolute Gasteiger partial charge is 0.508 e. The normalized spacial score (nSPS) is 18.4. The lowest BCUT2D eigenvalue weighted by atomic mass is 9.79. The zero-order valence-electron chi connectivity index (χ0n) is 16.5. The Hall–Kier alpha value is -2.40. The van der Waals surface area contributed by atoms with Gasteiger partial charge in [0.25, 0.3) is 0 Å². The number of aliphatic imine (C=N–C) groups is 1. The van der Waals surface area contributed by atoms with Crippen molar-refractivity contribution in [3.05, 3.63) is 53.6 Å². The maximum absolute atomic E-state index is 10.0. The predicted octanol–water partition coefficient (Wildman–Crippen LogP) is 5.58. The van der Waals surface area contributed by atoms with E-state index in [2.05, 4.69) is 42.3 Å². The van der Waals surface area contributed by atoms with E-state index in [1.165, 1.54) is 17.5 Å². The molecule has 0 bridgehead atoms. The minimum absolute atomic E-state index is 0.250. The molecule has 0 radical (unpaired) electrons. The highest BCUT2D eigenvalue weighted by Crippen LogP contribution is 2.43. The minimum atomic E-state index is -0.267. The molecule has 0 saturated heterocycles. The zero-order valence-corrected chi connectivity index (χ0v) is 17.4. The number of rotatable bonds is 3. The Morgan fingerprint density at radius 2 is 1.89 bits per heavy atom. The van der Waals surface area contributed by atoms with Gasteiger partial charge in [0.15, 0.2) is 0 Å². The van der Waals surface area contributed by atoms with Crippen LogP contribution in [0.3, 0.4) is 0 Å². The fraction of sp³-hybridized carbons (Fsp3) is 0.391. The van der Waals surface area contributed by atoms with Crippen molar-refractivity contribution in [2.24, 2.45) is 4.99 Å². The number of aryl methyl sites for hydroxylation is 2. The van der Waals surface area contributed by atoms with Crippen LogP contribution in [-0.2, 0) is 6.42 Å². The molecule has 0 aromatic heterocycles. The standard InChI is InChI=1S/C23H27N3OS/c1-3-17-10-7-9-16(2)20(17)24-21-23(13-5-4-6-14-23)26(22(28)25-21)18-11-8-12-19(27)15-18/h7-12,15,27H,3-6,13-14H2,1-2H3,(H,24,25,28). The molecule has 146 valence electrons. The van der Waals surface area contributed by atoms with E-state index in [9.17, 15) is 5.11 Å². The monoisotopic (exact) mass is 393 g/mol. The quantitative estimate of drug-likeness (QED) is 0.668. The van der Waals surface area contributed by atoms with Gasteiger partial charge < -0.3 is 15.3 Å². The van der Waals surface area contributed by atoms with Crippen molar-refractivity contribution in [3.8, 4) is 5.75 Å². The molecule has 1 saturated carbocycles. The van der Waals surface area contributed by atoms with Crippen molar-refractivity contribution in [2.75, 3.05) is 10.2 Å². The zero-order chi connectivity index (χ0) is 19.7. The summed E-state index contributed by atoms with van der Waals surface area (Å²) in [4.78, 5) is 7.01. The summed E-state index contributed by atoms with van der Waals surface area (Å²) in [5.41, 5.74) is 4.29. The second-order valence-electron chi connectivity index (χ2n) is 7.78. The summed E-state index contributed by atoms with van der Waals surface area (Å²) < 4.78 is 0. The van der Waals surface area contributed by atoms with E-state index in [-0.39, 0.29) is 11.3 Å². The molecule has 1 aliphatic carbocycles. The van der Waals surface area contributed by atoms with Gasteiger partial charge in [-0.1, -0.05) is 50.5 Å². The molecule has 0 amide bonds. The van der Waals surface area contributed by atoms with Crippen molar-refractivity contribution < 1.29 is 5.11 Å². The Balaban J connectivity index is 1.77. The predicted molar refractivity (Wildman–Crippen MR) is 121 cm³/mol. The van der Waals surface area contributed by atoms with Crippen LogP contribution >= 0.6 is 12.2 Å². The average Bonchev–Trinajstić information content (AvgIpc) is 2.94. The van der Waals surface area contributed by atoms with Gasteiger partial charge in [-0.2, -0.15) is 0 Å². The van der Waals surface area contributed by atoms with Crippen LogP contribution in [-0.4, -0.2) is 21.6 Å². The average molecular weight is 394 g/mol. The maximum Gasteiger partial charge on any atom is 0.202 e. The minimum Gasteiger partial charge on any atom is -0.508 e. The highest BCUT2D eigenvalue weighted by atomic mass is 32.1. The molecule has 4 nitrogen and oxygen atoms in total. The SMILES string of the molecule is CCc1cccc(C)c1NC1=NC(=S)N(c2cccc(O)c2)C12CCCCC2. The molecule has 2 aromatic rings. The molecule has 2 N–H and O–H groups in total. The Labute approximate surface area is 172 Å². The number of nitrogens with one attached hydrogen (secondary N) is 1. The van der Waals surface area contributed by atoms with E-state index in [1.54, 1.807) is 12.1 Å².